The predicted molar refractivity (Wildman–Crippen MR) is 126 cm³/mol. The highest BCUT2D eigenvalue weighted by Gasteiger charge is 2.17. The summed E-state index contributed by atoms with van der Waals surface area (Å²) in [4.78, 5) is 19.2. The molecular formula is C22H30FN3O6S. The first-order chi connectivity index (χ1) is 15.3. The molecule has 0 bridgehead atoms. The van der Waals surface area contributed by atoms with E-state index in [0.717, 1.165) is 10.6 Å². The molecule has 0 unspecified atom stereocenters. The molecule has 0 aliphatic carbocycles. The predicted octanol–water partition coefficient (Wildman–Crippen LogP) is 2.28. The number of sulfonamides is 1. The first-order valence-corrected chi connectivity index (χ1v) is 11.9. The number of nitrogens with zero attached hydrogens (tertiary/aromatic N) is 3. The Labute approximate surface area is 193 Å². The SMILES string of the molecule is CC(C)C=NC(=N/C(=C/C=C/[C@@H](O)C[C@@H](O)CC(=O)O)c1ccc(F)cc1)N(C)S(C)(=O)=O. The maximum absolute atomic E-state index is 13.4. The van der Waals surface area contributed by atoms with E-state index in [1.807, 2.05) is 13.8 Å². The van der Waals surface area contributed by atoms with Gasteiger partial charge >= 0.3 is 5.97 Å². The molecule has 1 aromatic rings. The normalized spacial score (nSPS) is 15.4. The number of hydrogen-bond acceptors (Lipinski definition) is 6. The van der Waals surface area contributed by atoms with Gasteiger partial charge in [-0.3, -0.25) is 4.79 Å². The van der Waals surface area contributed by atoms with Gasteiger partial charge in [-0.05, 0) is 36.3 Å². The first kappa shape index (κ1) is 28.1. The molecule has 33 heavy (non-hydrogen) atoms. The Kier molecular flexibility index (Phi) is 11.1. The Bertz CT molecular complexity index is 1020. The molecule has 3 N–H and O–H groups in total. The van der Waals surface area contributed by atoms with Gasteiger partial charge in [-0.2, -0.15) is 0 Å². The van der Waals surface area contributed by atoms with Gasteiger partial charge in [0.05, 0.1) is 30.6 Å². The molecule has 0 aliphatic rings. The van der Waals surface area contributed by atoms with E-state index in [9.17, 15) is 27.8 Å². The topological polar surface area (TPSA) is 140 Å². The van der Waals surface area contributed by atoms with E-state index >= 15 is 0 Å². The van der Waals surface area contributed by atoms with E-state index in [1.54, 1.807) is 0 Å². The summed E-state index contributed by atoms with van der Waals surface area (Å²) in [6.45, 7) is 3.72. The second-order valence-corrected chi connectivity index (χ2v) is 9.68. The molecule has 0 saturated carbocycles. The van der Waals surface area contributed by atoms with Crippen molar-refractivity contribution in [2.24, 2.45) is 15.9 Å². The van der Waals surface area contributed by atoms with Gasteiger partial charge in [0.1, 0.15) is 5.82 Å². The number of carboxylic acid groups (broad SMARTS) is 1. The van der Waals surface area contributed by atoms with E-state index in [1.165, 1.54) is 55.8 Å². The summed E-state index contributed by atoms with van der Waals surface area (Å²) in [5.41, 5.74) is 0.691. The number of allylic oxidation sites excluding steroid dienone is 2. The lowest BCUT2D eigenvalue weighted by atomic mass is 10.1. The van der Waals surface area contributed by atoms with E-state index in [0.29, 0.717) is 5.56 Å². The molecule has 0 heterocycles. The molecule has 0 amide bonds. The number of aliphatic imine (C=N–C) groups is 2. The maximum atomic E-state index is 13.4. The number of benzene rings is 1. The maximum Gasteiger partial charge on any atom is 0.305 e. The van der Waals surface area contributed by atoms with Crippen LogP contribution in [0.4, 0.5) is 4.39 Å². The Balaban J connectivity index is 3.37. The van der Waals surface area contributed by atoms with Crippen molar-refractivity contribution in [1.82, 2.24) is 4.31 Å². The number of aliphatic hydroxyl groups is 2. The standard InChI is InChI=1S/C22H30FN3O6S/c1-15(2)14-24-22(26(3)33(4,31)32)25-20(16-8-10-17(23)11-9-16)7-5-6-18(27)12-19(28)13-21(29)30/h5-11,14-15,18-19,27-28H,12-13H2,1-4H3,(H,29,30)/b6-5+,20-7+,24-14?,25-22?/t18-,19-/m1/s1. The zero-order valence-corrected chi connectivity index (χ0v) is 19.8. The van der Waals surface area contributed by atoms with Crippen LogP contribution in [0.2, 0.25) is 0 Å². The molecule has 9 nitrogen and oxygen atoms in total. The van der Waals surface area contributed by atoms with E-state index in [2.05, 4.69) is 9.98 Å². The number of hydrogen-bond donors (Lipinski definition) is 3. The number of aliphatic carboxylic acids is 1. The van der Waals surface area contributed by atoms with Crippen molar-refractivity contribution >= 4 is 33.9 Å². The third-order valence-electron chi connectivity index (χ3n) is 4.14. The average Bonchev–Trinajstić information content (AvgIpc) is 2.68. The lowest BCUT2D eigenvalue weighted by molar-refractivity contribution is -0.139. The molecule has 0 radical (unpaired) electrons. The van der Waals surface area contributed by atoms with Crippen molar-refractivity contribution in [2.45, 2.75) is 38.9 Å². The number of aliphatic hydroxyl groups excluding tert-OH is 2. The van der Waals surface area contributed by atoms with Gasteiger partial charge in [0.2, 0.25) is 16.0 Å². The molecule has 11 heteroatoms. The van der Waals surface area contributed by atoms with Crippen LogP contribution in [0.1, 0.15) is 32.3 Å². The lowest BCUT2D eigenvalue weighted by Gasteiger charge is -2.16. The Morgan fingerprint density at radius 2 is 1.82 bits per heavy atom. The van der Waals surface area contributed by atoms with Crippen molar-refractivity contribution in [1.29, 1.82) is 0 Å². The van der Waals surface area contributed by atoms with E-state index in [4.69, 9.17) is 5.11 Å². The Morgan fingerprint density at radius 1 is 1.21 bits per heavy atom. The van der Waals surface area contributed by atoms with E-state index in [-0.39, 0.29) is 24.0 Å². The minimum atomic E-state index is -3.67. The molecule has 1 aromatic carbocycles. The fourth-order valence-corrected chi connectivity index (χ4v) is 2.77. The van der Waals surface area contributed by atoms with Crippen LogP contribution in [0.15, 0.2) is 52.5 Å². The summed E-state index contributed by atoms with van der Waals surface area (Å²) in [7, 11) is -2.37. The minimum absolute atomic E-state index is 0.0219. The molecule has 0 aliphatic heterocycles. The molecular weight excluding hydrogens is 453 g/mol. The molecule has 1 rings (SSSR count). The van der Waals surface area contributed by atoms with Crippen LogP contribution >= 0.6 is 0 Å². The van der Waals surface area contributed by atoms with Crippen LogP contribution in [-0.4, -0.2) is 71.7 Å². The second kappa shape index (κ2) is 13.0. The fourth-order valence-electron chi connectivity index (χ4n) is 2.39. The lowest BCUT2D eigenvalue weighted by Crippen LogP contribution is -2.31. The summed E-state index contributed by atoms with van der Waals surface area (Å²) in [6.07, 6.45) is 3.70. The summed E-state index contributed by atoms with van der Waals surface area (Å²) in [5, 5.41) is 28.3. The first-order valence-electron chi connectivity index (χ1n) is 10.1. The Morgan fingerprint density at radius 3 is 2.33 bits per heavy atom. The number of guanidine groups is 1. The molecule has 0 spiro atoms. The molecule has 0 saturated heterocycles. The zero-order valence-electron chi connectivity index (χ0n) is 19.0. The second-order valence-electron chi connectivity index (χ2n) is 7.66. The quantitative estimate of drug-likeness (QED) is 0.265. The molecule has 0 aromatic heterocycles. The smallest absolute Gasteiger partial charge is 0.305 e. The number of carboxylic acids is 1. The third-order valence-corrected chi connectivity index (χ3v) is 5.30. The zero-order chi connectivity index (χ0) is 25.2. The van der Waals surface area contributed by atoms with Crippen molar-refractivity contribution in [3.63, 3.8) is 0 Å². The van der Waals surface area contributed by atoms with Gasteiger partial charge in [0.25, 0.3) is 0 Å². The average molecular weight is 484 g/mol. The summed E-state index contributed by atoms with van der Waals surface area (Å²) in [6, 6.07) is 5.35. The van der Waals surface area contributed by atoms with Crippen LogP contribution in [0.5, 0.6) is 0 Å². The van der Waals surface area contributed by atoms with Gasteiger partial charge in [-0.15, -0.1) is 0 Å². The fraction of sp³-hybridized carbons (Fsp3) is 0.409. The summed E-state index contributed by atoms with van der Waals surface area (Å²) >= 11 is 0. The van der Waals surface area contributed by atoms with Crippen LogP contribution in [0.3, 0.4) is 0 Å². The van der Waals surface area contributed by atoms with Crippen LogP contribution in [-0.2, 0) is 14.8 Å². The number of halogens is 1. The van der Waals surface area contributed by atoms with Crippen molar-refractivity contribution < 1.29 is 32.9 Å². The van der Waals surface area contributed by atoms with Crippen LogP contribution < -0.4 is 0 Å². The van der Waals surface area contributed by atoms with Crippen molar-refractivity contribution in [3.05, 3.63) is 53.9 Å². The van der Waals surface area contributed by atoms with Crippen LogP contribution in [0, 0.1) is 11.7 Å². The molecule has 0 fully saturated rings. The van der Waals surface area contributed by atoms with Gasteiger partial charge in [0.15, 0.2) is 0 Å². The van der Waals surface area contributed by atoms with E-state index < -0.39 is 40.4 Å². The minimum Gasteiger partial charge on any atom is -0.481 e. The van der Waals surface area contributed by atoms with Crippen LogP contribution in [0.25, 0.3) is 5.70 Å². The van der Waals surface area contributed by atoms with Gasteiger partial charge in [-0.25, -0.2) is 27.1 Å². The molecule has 182 valence electrons. The van der Waals surface area contributed by atoms with Gasteiger partial charge in [0, 0.05) is 25.2 Å². The largest absolute Gasteiger partial charge is 0.481 e. The summed E-state index contributed by atoms with van der Waals surface area (Å²) in [5.74, 6) is -1.75. The van der Waals surface area contributed by atoms with Crippen molar-refractivity contribution in [2.75, 3.05) is 13.3 Å². The molecule has 2 atom stereocenters. The van der Waals surface area contributed by atoms with Gasteiger partial charge in [-0.1, -0.05) is 26.0 Å². The number of carbonyl (C=O) groups is 1. The van der Waals surface area contributed by atoms with Crippen molar-refractivity contribution in [3.8, 4) is 0 Å². The van der Waals surface area contributed by atoms with Gasteiger partial charge < -0.3 is 15.3 Å². The summed E-state index contributed by atoms with van der Waals surface area (Å²) < 4.78 is 38.4. The third kappa shape index (κ3) is 11.0. The monoisotopic (exact) mass is 483 g/mol. The highest BCUT2D eigenvalue weighted by molar-refractivity contribution is 7.88. The highest BCUT2D eigenvalue weighted by atomic mass is 32.2. The Hall–Kier alpha value is -2.89. The number of rotatable bonds is 10. The highest BCUT2D eigenvalue weighted by Crippen LogP contribution is 2.19.